The third kappa shape index (κ3) is 2.62. The van der Waals surface area contributed by atoms with E-state index in [-0.39, 0.29) is 0 Å². The third-order valence-electron chi connectivity index (χ3n) is 3.84. The summed E-state index contributed by atoms with van der Waals surface area (Å²) in [4.78, 5) is 0. The van der Waals surface area contributed by atoms with Gasteiger partial charge in [-0.05, 0) is 43.2 Å². The van der Waals surface area contributed by atoms with Gasteiger partial charge in [0.15, 0.2) is 0 Å². The van der Waals surface area contributed by atoms with Gasteiger partial charge in [-0.2, -0.15) is 0 Å². The molecule has 18 heavy (non-hydrogen) atoms. The van der Waals surface area contributed by atoms with E-state index >= 15 is 0 Å². The molecule has 1 aromatic heterocycles. The van der Waals surface area contributed by atoms with E-state index in [4.69, 9.17) is 4.74 Å². The van der Waals surface area contributed by atoms with Crippen molar-refractivity contribution in [1.82, 2.24) is 5.32 Å². The van der Waals surface area contributed by atoms with Crippen molar-refractivity contribution in [2.45, 2.75) is 60.8 Å². The zero-order chi connectivity index (χ0) is 12.5. The normalized spacial score (nSPS) is 35.0. The van der Waals surface area contributed by atoms with Gasteiger partial charge < -0.3 is 10.1 Å². The smallest absolute Gasteiger partial charge is 0.0649 e. The zero-order valence-electron chi connectivity index (χ0n) is 11.0. The number of hydrogen-bond acceptors (Lipinski definition) is 4. The lowest BCUT2D eigenvalue weighted by Gasteiger charge is -2.39. The number of thiophene rings is 1. The fraction of sp³-hybridized carbons (Fsp3) is 0.714. The summed E-state index contributed by atoms with van der Waals surface area (Å²) in [6.07, 6.45) is 4.13. The van der Waals surface area contributed by atoms with Crippen LogP contribution in [0.3, 0.4) is 0 Å². The minimum atomic E-state index is 0.504. The quantitative estimate of drug-likeness (QED) is 0.907. The minimum Gasteiger partial charge on any atom is -0.378 e. The third-order valence-corrected chi connectivity index (χ3v) is 6.19. The van der Waals surface area contributed by atoms with E-state index in [0.29, 0.717) is 18.2 Å². The topological polar surface area (TPSA) is 21.3 Å². The molecule has 0 bridgehead atoms. The summed E-state index contributed by atoms with van der Waals surface area (Å²) in [6.45, 7) is 5.27. The molecule has 0 aromatic carbocycles. The monoisotopic (exact) mass is 283 g/mol. The summed E-state index contributed by atoms with van der Waals surface area (Å²) < 4.78 is 7.15. The Morgan fingerprint density at radius 2 is 2.22 bits per heavy atom. The maximum Gasteiger partial charge on any atom is 0.0649 e. The zero-order valence-corrected chi connectivity index (χ0v) is 12.7. The molecule has 4 heteroatoms. The highest BCUT2D eigenvalue weighted by Crippen LogP contribution is 2.44. The number of hydrogen-bond donors (Lipinski definition) is 1. The van der Waals surface area contributed by atoms with Crippen LogP contribution in [-0.4, -0.2) is 24.0 Å². The largest absolute Gasteiger partial charge is 0.378 e. The van der Waals surface area contributed by atoms with Crippen LogP contribution >= 0.6 is 23.1 Å². The molecule has 2 heterocycles. The van der Waals surface area contributed by atoms with E-state index in [2.05, 4.69) is 30.6 Å². The molecule has 1 saturated carbocycles. The van der Waals surface area contributed by atoms with Gasteiger partial charge >= 0.3 is 0 Å². The van der Waals surface area contributed by atoms with E-state index < -0.39 is 0 Å². The maximum atomic E-state index is 5.63. The minimum absolute atomic E-state index is 0.504. The molecule has 1 unspecified atom stereocenters. The maximum absolute atomic E-state index is 5.63. The lowest BCUT2D eigenvalue weighted by Crippen LogP contribution is -2.47. The summed E-state index contributed by atoms with van der Waals surface area (Å²) in [5.41, 5.74) is 1.53. The van der Waals surface area contributed by atoms with E-state index in [9.17, 15) is 0 Å². The Labute approximate surface area is 117 Å². The van der Waals surface area contributed by atoms with Gasteiger partial charge in [0, 0.05) is 23.9 Å². The van der Waals surface area contributed by atoms with Crippen molar-refractivity contribution >= 4 is 23.1 Å². The molecule has 1 N–H and O–H groups in total. The Bertz CT molecular complexity index is 400. The molecule has 100 valence electrons. The SMILES string of the molecule is CCOC1CC(NC2C[C@H](C)Sc3sccc32)C1. The molecule has 2 nitrogen and oxygen atoms in total. The van der Waals surface area contributed by atoms with Crippen molar-refractivity contribution in [3.63, 3.8) is 0 Å². The molecular weight excluding hydrogens is 262 g/mol. The summed E-state index contributed by atoms with van der Waals surface area (Å²) >= 11 is 3.93. The first-order chi connectivity index (χ1) is 8.76. The molecule has 3 rings (SSSR count). The van der Waals surface area contributed by atoms with Crippen LogP contribution in [0.15, 0.2) is 15.7 Å². The Balaban J connectivity index is 1.58. The van der Waals surface area contributed by atoms with Crippen LogP contribution in [-0.2, 0) is 4.74 Å². The van der Waals surface area contributed by atoms with Gasteiger partial charge in [0.05, 0.1) is 10.3 Å². The van der Waals surface area contributed by atoms with Crippen LogP contribution in [0.25, 0.3) is 0 Å². The molecule has 0 saturated heterocycles. The second kappa shape index (κ2) is 5.53. The van der Waals surface area contributed by atoms with E-state index in [1.54, 1.807) is 0 Å². The molecule has 1 aromatic rings. The Hall–Kier alpha value is -0.0300. The fourth-order valence-corrected chi connectivity index (χ4v) is 5.43. The molecule has 0 spiro atoms. The van der Waals surface area contributed by atoms with Crippen molar-refractivity contribution in [2.24, 2.45) is 0 Å². The lowest BCUT2D eigenvalue weighted by atomic mass is 9.87. The first-order valence-corrected chi connectivity index (χ1v) is 8.64. The Morgan fingerprint density at radius 1 is 1.39 bits per heavy atom. The van der Waals surface area contributed by atoms with Crippen LogP contribution in [0.5, 0.6) is 0 Å². The highest BCUT2D eigenvalue weighted by Gasteiger charge is 2.34. The number of thioether (sulfide) groups is 1. The molecule has 0 radical (unpaired) electrons. The highest BCUT2D eigenvalue weighted by molar-refractivity contribution is 8.01. The van der Waals surface area contributed by atoms with Gasteiger partial charge in [-0.15, -0.1) is 23.1 Å². The van der Waals surface area contributed by atoms with Crippen LogP contribution in [0.2, 0.25) is 0 Å². The summed E-state index contributed by atoms with van der Waals surface area (Å²) in [7, 11) is 0. The Morgan fingerprint density at radius 3 is 3.00 bits per heavy atom. The van der Waals surface area contributed by atoms with Crippen LogP contribution < -0.4 is 5.32 Å². The fourth-order valence-electron chi connectivity index (χ4n) is 2.87. The molecule has 0 amide bonds. The van der Waals surface area contributed by atoms with Crippen LogP contribution in [0.4, 0.5) is 0 Å². The molecule has 2 aliphatic rings. The van der Waals surface area contributed by atoms with Gasteiger partial charge in [0.2, 0.25) is 0 Å². The lowest BCUT2D eigenvalue weighted by molar-refractivity contribution is -0.0128. The number of rotatable bonds is 4. The van der Waals surface area contributed by atoms with Crippen molar-refractivity contribution in [2.75, 3.05) is 6.61 Å². The standard InChI is InChI=1S/C14H21NOS2/c1-3-16-11-7-10(8-11)15-13-6-9(2)18-14-12(13)4-5-17-14/h4-5,9-11,13,15H,3,6-8H2,1-2H3/t9-,10?,11?,13?/m0/s1. The van der Waals surface area contributed by atoms with Gasteiger partial charge in [-0.3, -0.25) is 0 Å². The average Bonchev–Trinajstić information content (AvgIpc) is 2.74. The van der Waals surface area contributed by atoms with Gasteiger partial charge in [0.1, 0.15) is 0 Å². The van der Waals surface area contributed by atoms with Crippen molar-refractivity contribution in [3.05, 3.63) is 17.0 Å². The first-order valence-electron chi connectivity index (χ1n) is 6.88. The van der Waals surface area contributed by atoms with E-state index in [0.717, 1.165) is 11.9 Å². The van der Waals surface area contributed by atoms with Gasteiger partial charge in [-0.25, -0.2) is 0 Å². The summed E-state index contributed by atoms with van der Waals surface area (Å²) in [5.74, 6) is 0. The Kier molecular flexibility index (Phi) is 3.99. The predicted molar refractivity (Wildman–Crippen MR) is 78.6 cm³/mol. The van der Waals surface area contributed by atoms with Gasteiger partial charge in [-0.1, -0.05) is 6.92 Å². The number of fused-ring (bicyclic) bond motifs is 1. The van der Waals surface area contributed by atoms with E-state index in [1.807, 2.05) is 23.1 Å². The molecular formula is C14H21NOS2. The van der Waals surface area contributed by atoms with Crippen LogP contribution in [0, 0.1) is 0 Å². The predicted octanol–water partition coefficient (Wildman–Crippen LogP) is 3.83. The molecule has 1 fully saturated rings. The second-order valence-corrected chi connectivity index (χ2v) is 7.92. The van der Waals surface area contributed by atoms with Gasteiger partial charge in [0.25, 0.3) is 0 Å². The molecule has 1 aliphatic carbocycles. The highest BCUT2D eigenvalue weighted by atomic mass is 32.2. The second-order valence-electron chi connectivity index (χ2n) is 5.29. The summed E-state index contributed by atoms with van der Waals surface area (Å²) in [5, 5.41) is 6.79. The average molecular weight is 283 g/mol. The van der Waals surface area contributed by atoms with Crippen molar-refractivity contribution < 1.29 is 4.74 Å². The first kappa shape index (κ1) is 13.0. The number of nitrogens with one attached hydrogen (secondary N) is 1. The molecule has 1 aliphatic heterocycles. The summed E-state index contributed by atoms with van der Waals surface area (Å²) in [6, 6.07) is 3.53. The number of ether oxygens (including phenoxy) is 1. The molecule has 2 atom stereocenters. The van der Waals surface area contributed by atoms with E-state index in [1.165, 1.54) is 29.0 Å². The van der Waals surface area contributed by atoms with Crippen molar-refractivity contribution in [3.8, 4) is 0 Å². The van der Waals surface area contributed by atoms with Crippen molar-refractivity contribution in [1.29, 1.82) is 0 Å². The van der Waals surface area contributed by atoms with Crippen LogP contribution in [0.1, 0.15) is 44.7 Å².